The van der Waals surface area contributed by atoms with Crippen LogP contribution in [0.2, 0.25) is 5.02 Å². The summed E-state index contributed by atoms with van der Waals surface area (Å²) in [4.78, 5) is 12.8. The van der Waals surface area contributed by atoms with Gasteiger partial charge in [0.25, 0.3) is 5.91 Å². The monoisotopic (exact) mass is 425 g/mol. The molecular weight excluding hydrogens is 398 g/mol. The summed E-state index contributed by atoms with van der Waals surface area (Å²) in [6.45, 7) is 8.59. The number of halogens is 1. The van der Waals surface area contributed by atoms with Crippen molar-refractivity contribution in [3.63, 3.8) is 0 Å². The Bertz CT molecular complexity index is 935. The third-order valence-electron chi connectivity index (χ3n) is 5.18. The van der Waals surface area contributed by atoms with E-state index in [2.05, 4.69) is 44.4 Å². The molecule has 1 fully saturated rings. The Morgan fingerprint density at radius 1 is 1.17 bits per heavy atom. The van der Waals surface area contributed by atoms with E-state index in [4.69, 9.17) is 16.3 Å². The number of hydrogen-bond donors (Lipinski definition) is 2. The van der Waals surface area contributed by atoms with Gasteiger partial charge in [-0.05, 0) is 58.7 Å². The second-order valence-corrected chi connectivity index (χ2v) is 9.56. The molecule has 5 nitrogen and oxygen atoms in total. The lowest BCUT2D eigenvalue weighted by molar-refractivity contribution is 0.0873. The predicted molar refractivity (Wildman–Crippen MR) is 119 cm³/mol. The Hall–Kier alpha value is -2.55. The quantitative estimate of drug-likeness (QED) is 0.705. The van der Waals surface area contributed by atoms with E-state index in [0.717, 1.165) is 18.4 Å². The van der Waals surface area contributed by atoms with Crippen LogP contribution in [0.5, 0.6) is 5.75 Å². The first-order valence-corrected chi connectivity index (χ1v) is 10.5. The number of ether oxygens (including phenoxy) is 1. The smallest absolute Gasteiger partial charge is 0.251 e. The van der Waals surface area contributed by atoms with Gasteiger partial charge in [0.05, 0.1) is 5.02 Å². The molecule has 1 unspecified atom stereocenters. The van der Waals surface area contributed by atoms with E-state index in [-0.39, 0.29) is 23.0 Å². The molecule has 0 radical (unpaired) electrons. The molecule has 0 spiro atoms. The van der Waals surface area contributed by atoms with Crippen molar-refractivity contribution in [3.8, 4) is 11.8 Å². The SMILES string of the molecule is CC1(C)CC(NC(=O)c2ccc(OC(C#N)c3ccccc3)c(Cl)c2)CC(C)(C)N1. The number of carbonyl (C=O) groups excluding carboxylic acids is 1. The molecular formula is C24H28ClN3O2. The van der Waals surface area contributed by atoms with Gasteiger partial charge in [-0.1, -0.05) is 41.9 Å². The van der Waals surface area contributed by atoms with Crippen LogP contribution in [0.1, 0.15) is 62.6 Å². The number of hydrogen-bond acceptors (Lipinski definition) is 4. The number of carbonyl (C=O) groups is 1. The molecule has 0 aliphatic carbocycles. The van der Waals surface area contributed by atoms with Gasteiger partial charge in [-0.3, -0.25) is 4.79 Å². The van der Waals surface area contributed by atoms with Gasteiger partial charge in [-0.25, -0.2) is 0 Å². The number of piperidine rings is 1. The summed E-state index contributed by atoms with van der Waals surface area (Å²) >= 11 is 6.37. The Morgan fingerprint density at radius 3 is 2.37 bits per heavy atom. The standard InChI is InChI=1S/C24H28ClN3O2/c1-23(2)13-18(14-24(3,4)28-23)27-22(29)17-10-11-20(19(25)12-17)30-21(15-26)16-8-6-5-7-9-16/h5-12,18,21,28H,13-14H2,1-4H3,(H,27,29). The molecule has 1 atom stereocenters. The molecule has 1 heterocycles. The highest BCUT2D eigenvalue weighted by Gasteiger charge is 2.38. The van der Waals surface area contributed by atoms with E-state index in [1.54, 1.807) is 18.2 Å². The highest BCUT2D eigenvalue weighted by atomic mass is 35.5. The average molecular weight is 426 g/mol. The van der Waals surface area contributed by atoms with E-state index in [9.17, 15) is 10.1 Å². The van der Waals surface area contributed by atoms with Crippen LogP contribution < -0.4 is 15.4 Å². The van der Waals surface area contributed by atoms with Gasteiger partial charge in [0.15, 0.2) is 0 Å². The van der Waals surface area contributed by atoms with Gasteiger partial charge in [-0.2, -0.15) is 5.26 Å². The molecule has 3 rings (SSSR count). The molecule has 2 aromatic carbocycles. The summed E-state index contributed by atoms with van der Waals surface area (Å²) in [5, 5.41) is 16.5. The number of nitriles is 1. The van der Waals surface area contributed by atoms with Crippen molar-refractivity contribution in [2.24, 2.45) is 0 Å². The minimum atomic E-state index is -0.775. The molecule has 30 heavy (non-hydrogen) atoms. The molecule has 0 aromatic heterocycles. The van der Waals surface area contributed by atoms with Gasteiger partial charge in [0, 0.05) is 28.2 Å². The first-order chi connectivity index (χ1) is 14.1. The van der Waals surface area contributed by atoms with Crippen LogP contribution in [0.15, 0.2) is 48.5 Å². The van der Waals surface area contributed by atoms with Crippen molar-refractivity contribution in [3.05, 3.63) is 64.7 Å². The molecule has 1 saturated heterocycles. The maximum absolute atomic E-state index is 12.8. The van der Waals surface area contributed by atoms with Crippen LogP contribution in [0.25, 0.3) is 0 Å². The van der Waals surface area contributed by atoms with Crippen LogP contribution in [0.3, 0.4) is 0 Å². The van der Waals surface area contributed by atoms with E-state index < -0.39 is 6.10 Å². The molecule has 6 heteroatoms. The zero-order valence-electron chi connectivity index (χ0n) is 17.8. The van der Waals surface area contributed by atoms with Crippen LogP contribution in [0, 0.1) is 11.3 Å². The fraction of sp³-hybridized carbons (Fsp3) is 0.417. The first kappa shape index (κ1) is 22.1. The van der Waals surface area contributed by atoms with Crippen molar-refractivity contribution < 1.29 is 9.53 Å². The van der Waals surface area contributed by atoms with Gasteiger partial charge >= 0.3 is 0 Å². The second kappa shape index (κ2) is 8.67. The Labute approximate surface area is 183 Å². The lowest BCUT2D eigenvalue weighted by Gasteiger charge is -2.46. The molecule has 2 aromatic rings. The van der Waals surface area contributed by atoms with Crippen LogP contribution in [-0.2, 0) is 0 Å². The minimum Gasteiger partial charge on any atom is -0.469 e. The third-order valence-corrected chi connectivity index (χ3v) is 5.48. The molecule has 2 N–H and O–H groups in total. The Kier molecular flexibility index (Phi) is 6.40. The number of benzene rings is 2. The largest absolute Gasteiger partial charge is 0.469 e. The number of rotatable bonds is 5. The molecule has 1 amide bonds. The van der Waals surface area contributed by atoms with Crippen molar-refractivity contribution in [2.75, 3.05) is 0 Å². The fourth-order valence-corrected chi connectivity index (χ4v) is 4.58. The maximum atomic E-state index is 12.8. The van der Waals surface area contributed by atoms with E-state index >= 15 is 0 Å². The van der Waals surface area contributed by atoms with Gasteiger partial charge in [0.1, 0.15) is 11.8 Å². The third kappa shape index (κ3) is 5.53. The van der Waals surface area contributed by atoms with Crippen molar-refractivity contribution in [1.29, 1.82) is 5.26 Å². The summed E-state index contributed by atoms with van der Waals surface area (Å²) in [7, 11) is 0. The summed E-state index contributed by atoms with van der Waals surface area (Å²) in [5.74, 6) is 0.203. The van der Waals surface area contributed by atoms with E-state index in [1.165, 1.54) is 0 Å². The fourth-order valence-electron chi connectivity index (χ4n) is 4.35. The number of amides is 1. The van der Waals surface area contributed by atoms with Gasteiger partial charge < -0.3 is 15.4 Å². The molecule has 0 saturated carbocycles. The molecule has 0 bridgehead atoms. The Balaban J connectivity index is 1.70. The minimum absolute atomic E-state index is 0.0568. The van der Waals surface area contributed by atoms with E-state index in [0.29, 0.717) is 16.3 Å². The van der Waals surface area contributed by atoms with Crippen LogP contribution in [-0.4, -0.2) is 23.0 Å². The highest BCUT2D eigenvalue weighted by Crippen LogP contribution is 2.31. The van der Waals surface area contributed by atoms with Gasteiger partial charge in [0.2, 0.25) is 6.10 Å². The topological polar surface area (TPSA) is 74.1 Å². The Morgan fingerprint density at radius 2 is 1.80 bits per heavy atom. The summed E-state index contributed by atoms with van der Waals surface area (Å²) in [6, 6.07) is 16.3. The normalized spacial score (nSPS) is 18.8. The average Bonchev–Trinajstić information content (AvgIpc) is 2.65. The lowest BCUT2D eigenvalue weighted by atomic mass is 9.79. The van der Waals surface area contributed by atoms with Gasteiger partial charge in [-0.15, -0.1) is 0 Å². The van der Waals surface area contributed by atoms with Crippen molar-refractivity contribution in [1.82, 2.24) is 10.6 Å². The zero-order valence-corrected chi connectivity index (χ0v) is 18.6. The molecule has 158 valence electrons. The van der Waals surface area contributed by atoms with E-state index in [1.807, 2.05) is 30.3 Å². The second-order valence-electron chi connectivity index (χ2n) is 9.15. The maximum Gasteiger partial charge on any atom is 0.251 e. The zero-order chi connectivity index (χ0) is 21.9. The number of nitrogens with one attached hydrogen (secondary N) is 2. The summed E-state index contributed by atoms with van der Waals surface area (Å²) in [6.07, 6.45) is 0.915. The van der Waals surface area contributed by atoms with Crippen molar-refractivity contribution in [2.45, 2.75) is 63.8 Å². The van der Waals surface area contributed by atoms with Crippen molar-refractivity contribution >= 4 is 17.5 Å². The summed E-state index contributed by atoms with van der Waals surface area (Å²) in [5.41, 5.74) is 1.10. The lowest BCUT2D eigenvalue weighted by Crippen LogP contribution is -2.62. The predicted octanol–water partition coefficient (Wildman–Crippen LogP) is 5.02. The van der Waals surface area contributed by atoms with Crippen LogP contribution >= 0.6 is 11.6 Å². The van der Waals surface area contributed by atoms with Crippen LogP contribution in [0.4, 0.5) is 0 Å². The highest BCUT2D eigenvalue weighted by molar-refractivity contribution is 6.32. The summed E-state index contributed by atoms with van der Waals surface area (Å²) < 4.78 is 5.79. The first-order valence-electron chi connectivity index (χ1n) is 10.1. The molecule has 1 aliphatic rings. The number of nitrogens with zero attached hydrogens (tertiary/aromatic N) is 1. The molecule has 1 aliphatic heterocycles.